The first-order valence-electron chi connectivity index (χ1n) is 7.54. The average molecular weight is 285 g/mol. The van der Waals surface area contributed by atoms with Crippen molar-refractivity contribution in [2.45, 2.75) is 45.8 Å². The van der Waals surface area contributed by atoms with Gasteiger partial charge in [-0.05, 0) is 38.8 Å². The molecule has 0 saturated carbocycles. The highest BCUT2D eigenvalue weighted by molar-refractivity contribution is 5.57. The molecule has 1 aliphatic rings. The average Bonchev–Trinajstić information content (AvgIpc) is 3.04. The molecule has 0 spiro atoms. The van der Waals surface area contributed by atoms with Crippen molar-refractivity contribution in [3.63, 3.8) is 0 Å². The molecule has 1 aromatic heterocycles. The van der Waals surface area contributed by atoms with Crippen LogP contribution in [-0.4, -0.2) is 17.2 Å². The lowest BCUT2D eigenvalue weighted by Crippen LogP contribution is -2.35. The molecule has 0 atom stereocenters. The van der Waals surface area contributed by atoms with Gasteiger partial charge in [-0.3, -0.25) is 0 Å². The highest BCUT2D eigenvalue weighted by Gasteiger charge is 2.20. The molecule has 0 fully saturated rings. The van der Waals surface area contributed by atoms with Crippen LogP contribution >= 0.6 is 0 Å². The normalized spacial score (nSPS) is 14.5. The summed E-state index contributed by atoms with van der Waals surface area (Å²) in [6.45, 7) is 9.03. The Hall–Kier alpha value is -1.81. The standard InChI is InChI=1S/C17H23N3O/c1-17(2,3)18-11-14-10-15(21-19-14)12-20-9-8-13-6-4-5-7-16(13)20/h4-7,10,18H,8-9,11-12H2,1-3H3. The summed E-state index contributed by atoms with van der Waals surface area (Å²) in [4.78, 5) is 2.36. The molecule has 21 heavy (non-hydrogen) atoms. The number of nitrogens with zero attached hydrogens (tertiary/aromatic N) is 2. The van der Waals surface area contributed by atoms with E-state index in [9.17, 15) is 0 Å². The van der Waals surface area contributed by atoms with Crippen LogP contribution in [0.3, 0.4) is 0 Å². The van der Waals surface area contributed by atoms with Gasteiger partial charge in [-0.15, -0.1) is 0 Å². The predicted octanol–water partition coefficient (Wildman–Crippen LogP) is 3.13. The van der Waals surface area contributed by atoms with Gasteiger partial charge in [-0.2, -0.15) is 0 Å². The molecule has 1 aromatic carbocycles. The van der Waals surface area contributed by atoms with E-state index in [2.05, 4.69) is 66.5 Å². The second-order valence-corrected chi connectivity index (χ2v) is 6.69. The van der Waals surface area contributed by atoms with Gasteiger partial charge in [-0.1, -0.05) is 23.4 Å². The Morgan fingerprint density at radius 3 is 2.90 bits per heavy atom. The van der Waals surface area contributed by atoms with Crippen LogP contribution in [0.25, 0.3) is 0 Å². The molecule has 0 bridgehead atoms. The maximum atomic E-state index is 5.48. The number of hydrogen-bond acceptors (Lipinski definition) is 4. The largest absolute Gasteiger partial charge is 0.363 e. The third-order valence-electron chi connectivity index (χ3n) is 3.74. The Morgan fingerprint density at radius 1 is 1.29 bits per heavy atom. The molecule has 4 heteroatoms. The van der Waals surface area contributed by atoms with E-state index in [-0.39, 0.29) is 5.54 Å². The van der Waals surface area contributed by atoms with E-state index >= 15 is 0 Å². The number of fused-ring (bicyclic) bond motifs is 1. The fourth-order valence-corrected chi connectivity index (χ4v) is 2.63. The number of rotatable bonds is 4. The summed E-state index contributed by atoms with van der Waals surface area (Å²) in [5.74, 6) is 0.928. The SMILES string of the molecule is CC(C)(C)NCc1cc(CN2CCc3ccccc32)on1. The van der Waals surface area contributed by atoms with Gasteiger partial charge in [-0.25, -0.2) is 0 Å². The first kappa shape index (κ1) is 14.1. The molecule has 4 nitrogen and oxygen atoms in total. The summed E-state index contributed by atoms with van der Waals surface area (Å²) in [6.07, 6.45) is 1.11. The van der Waals surface area contributed by atoms with Gasteiger partial charge in [0.1, 0.15) is 0 Å². The maximum absolute atomic E-state index is 5.48. The second kappa shape index (κ2) is 5.53. The number of nitrogens with one attached hydrogen (secondary N) is 1. The zero-order valence-corrected chi connectivity index (χ0v) is 13.0. The molecule has 1 N–H and O–H groups in total. The van der Waals surface area contributed by atoms with Crippen molar-refractivity contribution in [1.82, 2.24) is 10.5 Å². The van der Waals surface area contributed by atoms with Crippen molar-refractivity contribution in [3.8, 4) is 0 Å². The molecule has 0 saturated heterocycles. The van der Waals surface area contributed by atoms with Crippen LogP contribution in [0.5, 0.6) is 0 Å². The van der Waals surface area contributed by atoms with Crippen molar-refractivity contribution in [3.05, 3.63) is 47.3 Å². The van der Waals surface area contributed by atoms with E-state index in [1.54, 1.807) is 0 Å². The molecular formula is C17H23N3O. The summed E-state index contributed by atoms with van der Waals surface area (Å²) in [6, 6.07) is 10.6. The number of aromatic nitrogens is 1. The van der Waals surface area contributed by atoms with Gasteiger partial charge in [0, 0.05) is 30.4 Å². The number of para-hydroxylation sites is 1. The van der Waals surface area contributed by atoms with E-state index in [1.165, 1.54) is 11.3 Å². The minimum absolute atomic E-state index is 0.0903. The molecule has 0 unspecified atom stereocenters. The number of benzene rings is 1. The zero-order valence-electron chi connectivity index (χ0n) is 13.0. The Labute approximate surface area is 126 Å². The third kappa shape index (κ3) is 3.45. The third-order valence-corrected chi connectivity index (χ3v) is 3.74. The van der Waals surface area contributed by atoms with Gasteiger partial charge >= 0.3 is 0 Å². The van der Waals surface area contributed by atoms with Crippen LogP contribution in [0.2, 0.25) is 0 Å². The molecular weight excluding hydrogens is 262 g/mol. The van der Waals surface area contributed by atoms with E-state index in [4.69, 9.17) is 4.52 Å². The zero-order chi connectivity index (χ0) is 14.9. The summed E-state index contributed by atoms with van der Waals surface area (Å²) in [5.41, 5.74) is 3.80. The lowest BCUT2D eigenvalue weighted by molar-refractivity contribution is 0.364. The first-order valence-corrected chi connectivity index (χ1v) is 7.54. The van der Waals surface area contributed by atoms with Crippen LogP contribution < -0.4 is 10.2 Å². The Kier molecular flexibility index (Phi) is 3.72. The van der Waals surface area contributed by atoms with Crippen molar-refractivity contribution in [2.24, 2.45) is 0 Å². The lowest BCUT2D eigenvalue weighted by atomic mass is 10.1. The molecule has 1 aliphatic heterocycles. The van der Waals surface area contributed by atoms with Gasteiger partial charge in [0.05, 0.1) is 12.2 Å². The smallest absolute Gasteiger partial charge is 0.156 e. The molecule has 2 heterocycles. The second-order valence-electron chi connectivity index (χ2n) is 6.69. The topological polar surface area (TPSA) is 41.3 Å². The molecule has 0 radical (unpaired) electrons. The van der Waals surface area contributed by atoms with Gasteiger partial charge < -0.3 is 14.7 Å². The fourth-order valence-electron chi connectivity index (χ4n) is 2.63. The molecule has 0 aliphatic carbocycles. The Balaban J connectivity index is 1.63. The van der Waals surface area contributed by atoms with E-state index in [0.29, 0.717) is 0 Å². The monoisotopic (exact) mass is 285 g/mol. The minimum Gasteiger partial charge on any atom is -0.363 e. The van der Waals surface area contributed by atoms with Crippen LogP contribution in [0.15, 0.2) is 34.9 Å². The highest BCUT2D eigenvalue weighted by atomic mass is 16.5. The van der Waals surface area contributed by atoms with E-state index in [0.717, 1.165) is 37.5 Å². The van der Waals surface area contributed by atoms with E-state index in [1.807, 2.05) is 0 Å². The van der Waals surface area contributed by atoms with Crippen LogP contribution in [0.1, 0.15) is 37.8 Å². The number of hydrogen-bond donors (Lipinski definition) is 1. The Bertz CT molecular complexity index is 612. The number of anilines is 1. The van der Waals surface area contributed by atoms with Crippen molar-refractivity contribution < 1.29 is 4.52 Å². The quantitative estimate of drug-likeness (QED) is 0.937. The van der Waals surface area contributed by atoms with Gasteiger partial charge in [0.2, 0.25) is 0 Å². The summed E-state index contributed by atoms with van der Waals surface area (Å²) in [7, 11) is 0. The lowest BCUT2D eigenvalue weighted by Gasteiger charge is -2.19. The van der Waals surface area contributed by atoms with Crippen LogP contribution in [0.4, 0.5) is 5.69 Å². The highest BCUT2D eigenvalue weighted by Crippen LogP contribution is 2.28. The summed E-state index contributed by atoms with van der Waals surface area (Å²) >= 11 is 0. The first-order chi connectivity index (χ1) is 10.0. The summed E-state index contributed by atoms with van der Waals surface area (Å²) in [5, 5.41) is 7.58. The van der Waals surface area contributed by atoms with Crippen molar-refractivity contribution in [1.29, 1.82) is 0 Å². The summed E-state index contributed by atoms with van der Waals surface area (Å²) < 4.78 is 5.48. The minimum atomic E-state index is 0.0903. The molecule has 2 aromatic rings. The fraction of sp³-hybridized carbons (Fsp3) is 0.471. The Morgan fingerprint density at radius 2 is 2.10 bits per heavy atom. The molecule has 112 valence electrons. The van der Waals surface area contributed by atoms with Crippen molar-refractivity contribution >= 4 is 5.69 Å². The maximum Gasteiger partial charge on any atom is 0.156 e. The van der Waals surface area contributed by atoms with Gasteiger partial charge in [0.15, 0.2) is 5.76 Å². The van der Waals surface area contributed by atoms with Crippen molar-refractivity contribution in [2.75, 3.05) is 11.4 Å². The van der Waals surface area contributed by atoms with Crippen LogP contribution in [-0.2, 0) is 19.5 Å². The molecule has 0 amide bonds. The van der Waals surface area contributed by atoms with E-state index < -0.39 is 0 Å². The van der Waals surface area contributed by atoms with Gasteiger partial charge in [0.25, 0.3) is 0 Å². The molecule has 3 rings (SSSR count). The predicted molar refractivity (Wildman–Crippen MR) is 84.3 cm³/mol. The van der Waals surface area contributed by atoms with Crippen LogP contribution in [0, 0.1) is 0 Å².